The third-order valence-corrected chi connectivity index (χ3v) is 3.82. The zero-order valence-electron chi connectivity index (χ0n) is 12.6. The Morgan fingerprint density at radius 2 is 2.00 bits per heavy atom. The monoisotopic (exact) mass is 388 g/mol. The Morgan fingerprint density at radius 3 is 2.83 bits per heavy atom. The lowest BCUT2D eigenvalue weighted by atomic mass is 10.2. The highest BCUT2D eigenvalue weighted by molar-refractivity contribution is 9.10. The molecule has 0 atom stereocenters. The molecule has 5 nitrogen and oxygen atoms in total. The Labute approximate surface area is 146 Å². The van der Waals surface area contributed by atoms with Crippen molar-refractivity contribution in [1.29, 1.82) is 0 Å². The first-order valence-corrected chi connectivity index (χ1v) is 8.11. The Kier molecular flexibility index (Phi) is 5.00. The number of amides is 1. The summed E-state index contributed by atoms with van der Waals surface area (Å²) in [6, 6.07) is 9.60. The van der Waals surface area contributed by atoms with E-state index < -0.39 is 11.7 Å². The van der Waals surface area contributed by atoms with Crippen molar-refractivity contribution in [3.63, 3.8) is 0 Å². The molecule has 0 unspecified atom stereocenters. The number of rotatable bonds is 5. The molecule has 0 saturated carbocycles. The molecule has 2 heterocycles. The normalized spacial score (nSPS) is 10.6. The van der Waals surface area contributed by atoms with E-state index in [-0.39, 0.29) is 5.56 Å². The Bertz CT molecular complexity index is 887. The Hall–Kier alpha value is -2.54. The SMILES string of the molecule is O=C(NCCNc1ccnc2cc(Br)cnc12)c1ccccc1F. The average molecular weight is 389 g/mol. The van der Waals surface area contributed by atoms with Crippen LogP contribution in [-0.2, 0) is 0 Å². The number of halogens is 2. The summed E-state index contributed by atoms with van der Waals surface area (Å²) in [5.74, 6) is -0.964. The maximum Gasteiger partial charge on any atom is 0.254 e. The van der Waals surface area contributed by atoms with Gasteiger partial charge in [0, 0.05) is 30.0 Å². The highest BCUT2D eigenvalue weighted by atomic mass is 79.9. The van der Waals surface area contributed by atoms with Crippen LogP contribution in [0.4, 0.5) is 10.1 Å². The number of nitrogens with zero attached hydrogens (tertiary/aromatic N) is 2. The fraction of sp³-hybridized carbons (Fsp3) is 0.118. The van der Waals surface area contributed by atoms with Crippen molar-refractivity contribution < 1.29 is 9.18 Å². The summed E-state index contributed by atoms with van der Waals surface area (Å²) in [6.45, 7) is 0.838. The van der Waals surface area contributed by atoms with Crippen molar-refractivity contribution in [1.82, 2.24) is 15.3 Å². The molecule has 0 radical (unpaired) electrons. The third kappa shape index (κ3) is 3.68. The van der Waals surface area contributed by atoms with E-state index in [1.807, 2.05) is 12.1 Å². The summed E-state index contributed by atoms with van der Waals surface area (Å²) in [5.41, 5.74) is 2.39. The molecule has 122 valence electrons. The van der Waals surface area contributed by atoms with Gasteiger partial charge in [-0.3, -0.25) is 14.8 Å². The van der Waals surface area contributed by atoms with Crippen LogP contribution in [0.3, 0.4) is 0 Å². The lowest BCUT2D eigenvalue weighted by Gasteiger charge is -2.10. The number of aromatic nitrogens is 2. The molecule has 0 bridgehead atoms. The minimum Gasteiger partial charge on any atom is -0.381 e. The van der Waals surface area contributed by atoms with Gasteiger partial charge >= 0.3 is 0 Å². The van der Waals surface area contributed by atoms with Gasteiger partial charge in [-0.05, 0) is 40.2 Å². The third-order valence-electron chi connectivity index (χ3n) is 3.39. The van der Waals surface area contributed by atoms with Crippen molar-refractivity contribution in [3.8, 4) is 0 Å². The standard InChI is InChI=1S/C17H14BrFN4O/c18-11-9-15-16(23-10-11)14(5-6-20-15)21-7-8-22-17(24)12-3-1-2-4-13(12)19/h1-6,9-10H,7-8H2,(H,20,21)(H,22,24). The largest absolute Gasteiger partial charge is 0.381 e. The van der Waals surface area contributed by atoms with Crippen LogP contribution in [0, 0.1) is 5.82 Å². The number of benzene rings is 1. The van der Waals surface area contributed by atoms with Crippen molar-refractivity contribution >= 4 is 38.6 Å². The lowest BCUT2D eigenvalue weighted by molar-refractivity contribution is 0.0951. The van der Waals surface area contributed by atoms with E-state index in [4.69, 9.17) is 0 Å². The van der Waals surface area contributed by atoms with Crippen molar-refractivity contribution in [2.75, 3.05) is 18.4 Å². The zero-order valence-corrected chi connectivity index (χ0v) is 14.2. The molecule has 0 saturated heterocycles. The van der Waals surface area contributed by atoms with Gasteiger partial charge in [0.05, 0.1) is 16.8 Å². The van der Waals surface area contributed by atoms with E-state index in [0.717, 1.165) is 21.2 Å². The molecular formula is C17H14BrFN4O. The fourth-order valence-electron chi connectivity index (χ4n) is 2.26. The molecule has 3 rings (SSSR count). The second-order valence-electron chi connectivity index (χ2n) is 5.04. The minimum atomic E-state index is -0.530. The highest BCUT2D eigenvalue weighted by Gasteiger charge is 2.10. The molecule has 1 aromatic carbocycles. The number of nitrogens with one attached hydrogen (secondary N) is 2. The number of fused-ring (bicyclic) bond motifs is 1. The van der Waals surface area contributed by atoms with Gasteiger partial charge in [0.25, 0.3) is 5.91 Å². The Morgan fingerprint density at radius 1 is 1.17 bits per heavy atom. The number of carbonyl (C=O) groups is 1. The van der Waals surface area contributed by atoms with Gasteiger partial charge in [-0.15, -0.1) is 0 Å². The van der Waals surface area contributed by atoms with Crippen molar-refractivity contribution in [2.24, 2.45) is 0 Å². The number of hydrogen-bond donors (Lipinski definition) is 2. The van der Waals surface area contributed by atoms with Crippen LogP contribution in [-0.4, -0.2) is 29.0 Å². The first kappa shape index (κ1) is 16.3. The molecule has 7 heteroatoms. The maximum atomic E-state index is 13.5. The van der Waals surface area contributed by atoms with Crippen LogP contribution < -0.4 is 10.6 Å². The molecule has 0 aliphatic heterocycles. The summed E-state index contributed by atoms with van der Waals surface area (Å²) in [4.78, 5) is 20.5. The summed E-state index contributed by atoms with van der Waals surface area (Å²) in [6.07, 6.45) is 3.39. The molecular weight excluding hydrogens is 375 g/mol. The first-order valence-electron chi connectivity index (χ1n) is 7.32. The molecule has 1 amide bonds. The van der Waals surface area contributed by atoms with E-state index in [1.165, 1.54) is 12.1 Å². The minimum absolute atomic E-state index is 0.0402. The van der Waals surface area contributed by atoms with Crippen LogP contribution in [0.5, 0.6) is 0 Å². The van der Waals surface area contributed by atoms with Crippen LogP contribution in [0.1, 0.15) is 10.4 Å². The van der Waals surface area contributed by atoms with Crippen LogP contribution >= 0.6 is 15.9 Å². The predicted octanol–water partition coefficient (Wildman–Crippen LogP) is 3.37. The molecule has 2 N–H and O–H groups in total. The second-order valence-corrected chi connectivity index (χ2v) is 5.96. The van der Waals surface area contributed by atoms with E-state index in [9.17, 15) is 9.18 Å². The van der Waals surface area contributed by atoms with Gasteiger partial charge in [-0.2, -0.15) is 0 Å². The summed E-state index contributed by atoms with van der Waals surface area (Å²) < 4.78 is 14.4. The molecule has 3 aromatic rings. The molecule has 0 aliphatic carbocycles. The van der Waals surface area contributed by atoms with Gasteiger partial charge < -0.3 is 10.6 Å². The van der Waals surface area contributed by atoms with Crippen LogP contribution in [0.15, 0.2) is 53.3 Å². The topological polar surface area (TPSA) is 66.9 Å². The van der Waals surface area contributed by atoms with Crippen molar-refractivity contribution in [2.45, 2.75) is 0 Å². The molecule has 2 aromatic heterocycles. The van der Waals surface area contributed by atoms with Gasteiger partial charge in [0.15, 0.2) is 0 Å². The zero-order chi connectivity index (χ0) is 16.9. The molecule has 0 spiro atoms. The van der Waals surface area contributed by atoms with Gasteiger partial charge in [-0.1, -0.05) is 12.1 Å². The highest BCUT2D eigenvalue weighted by Crippen LogP contribution is 2.21. The van der Waals surface area contributed by atoms with E-state index in [0.29, 0.717) is 13.1 Å². The number of hydrogen-bond acceptors (Lipinski definition) is 4. The summed E-state index contributed by atoms with van der Waals surface area (Å²) in [7, 11) is 0. The smallest absolute Gasteiger partial charge is 0.254 e. The van der Waals surface area contributed by atoms with Gasteiger partial charge in [0.1, 0.15) is 11.3 Å². The first-order chi connectivity index (χ1) is 11.6. The van der Waals surface area contributed by atoms with Crippen molar-refractivity contribution in [3.05, 3.63) is 64.6 Å². The fourth-order valence-corrected chi connectivity index (χ4v) is 2.58. The predicted molar refractivity (Wildman–Crippen MR) is 94.5 cm³/mol. The number of pyridine rings is 2. The van der Waals surface area contributed by atoms with E-state index >= 15 is 0 Å². The number of carbonyl (C=O) groups excluding carboxylic acids is 1. The second kappa shape index (κ2) is 7.35. The van der Waals surface area contributed by atoms with Gasteiger partial charge in [0.2, 0.25) is 0 Å². The quantitative estimate of drug-likeness (QED) is 0.657. The summed E-state index contributed by atoms with van der Waals surface area (Å²) in [5, 5.41) is 5.88. The van der Waals surface area contributed by atoms with Crippen LogP contribution in [0.25, 0.3) is 11.0 Å². The molecule has 0 aliphatic rings. The molecule has 24 heavy (non-hydrogen) atoms. The Balaban J connectivity index is 1.59. The van der Waals surface area contributed by atoms with Crippen LogP contribution in [0.2, 0.25) is 0 Å². The average Bonchev–Trinajstić information content (AvgIpc) is 2.58. The van der Waals surface area contributed by atoms with E-state index in [1.54, 1.807) is 24.5 Å². The van der Waals surface area contributed by atoms with Gasteiger partial charge in [-0.25, -0.2) is 4.39 Å². The number of anilines is 1. The van der Waals surface area contributed by atoms with E-state index in [2.05, 4.69) is 36.5 Å². The maximum absolute atomic E-state index is 13.5. The lowest BCUT2D eigenvalue weighted by Crippen LogP contribution is -2.29. The molecule has 0 fully saturated rings. The summed E-state index contributed by atoms with van der Waals surface area (Å²) >= 11 is 3.36.